The molecule has 1 aromatic carbocycles. The molecule has 3 rings (SSSR count). The van der Waals surface area contributed by atoms with Crippen LogP contribution in [0.3, 0.4) is 0 Å². The first-order chi connectivity index (χ1) is 13.2. The van der Waals surface area contributed by atoms with Crippen molar-refractivity contribution in [2.24, 2.45) is 0 Å². The van der Waals surface area contributed by atoms with Gasteiger partial charge in [0.15, 0.2) is 0 Å². The third-order valence-corrected chi connectivity index (χ3v) is 6.60. The molecule has 2 atom stereocenters. The Morgan fingerprint density at radius 3 is 2.14 bits per heavy atom. The summed E-state index contributed by atoms with van der Waals surface area (Å²) >= 11 is -1.34. The number of halogens is 1. The molecule has 2 aromatic rings. The molecular weight excluding hydrogens is 377 g/mol. The third kappa shape index (κ3) is 4.63. The van der Waals surface area contributed by atoms with Gasteiger partial charge in [-0.05, 0) is 45.4 Å². The van der Waals surface area contributed by atoms with Gasteiger partial charge in [-0.1, -0.05) is 12.1 Å². The van der Waals surface area contributed by atoms with E-state index in [2.05, 4.69) is 24.9 Å². The van der Waals surface area contributed by atoms with Gasteiger partial charge in [-0.2, -0.15) is 0 Å². The summed E-state index contributed by atoms with van der Waals surface area (Å²) in [5.74, 6) is 0.372. The highest BCUT2D eigenvalue weighted by molar-refractivity contribution is 7.90. The minimum atomic E-state index is -1.34. The van der Waals surface area contributed by atoms with Gasteiger partial charge >= 0.3 is 0 Å². The third-order valence-electron chi connectivity index (χ3n) is 4.89. The molecule has 6 nitrogen and oxygen atoms in total. The summed E-state index contributed by atoms with van der Waals surface area (Å²) in [5.41, 5.74) is 0.744. The second-order valence-corrected chi connectivity index (χ2v) is 10.1. The molecule has 2 heterocycles. The van der Waals surface area contributed by atoms with Gasteiger partial charge in [0.1, 0.15) is 16.1 Å². The van der Waals surface area contributed by atoms with Crippen LogP contribution in [-0.4, -0.2) is 45.4 Å². The summed E-state index contributed by atoms with van der Waals surface area (Å²) < 4.78 is 29.1. The predicted molar refractivity (Wildman–Crippen MR) is 111 cm³/mol. The lowest BCUT2D eigenvalue weighted by atomic mass is 9.87. The molecule has 2 N–H and O–H groups in total. The first kappa shape index (κ1) is 21.0. The van der Waals surface area contributed by atoms with Crippen molar-refractivity contribution in [1.82, 2.24) is 20.0 Å². The molecule has 0 bridgehead atoms. The van der Waals surface area contributed by atoms with Gasteiger partial charge in [0.2, 0.25) is 5.95 Å². The Kier molecular flexibility index (Phi) is 6.24. The zero-order valence-electron chi connectivity index (χ0n) is 16.8. The van der Waals surface area contributed by atoms with Crippen LogP contribution in [0.4, 0.5) is 10.3 Å². The second kappa shape index (κ2) is 8.32. The number of rotatable bonds is 5. The van der Waals surface area contributed by atoms with E-state index in [1.807, 2.05) is 27.7 Å². The fourth-order valence-corrected chi connectivity index (χ4v) is 3.93. The van der Waals surface area contributed by atoms with E-state index < -0.39 is 21.6 Å². The average molecular weight is 406 g/mol. The number of anilines is 1. The molecule has 0 spiro atoms. The van der Waals surface area contributed by atoms with Crippen LogP contribution in [-0.2, 0) is 16.9 Å². The van der Waals surface area contributed by atoms with Crippen LogP contribution in [0.25, 0.3) is 0 Å². The van der Waals surface area contributed by atoms with E-state index in [-0.39, 0.29) is 5.82 Å². The Labute approximate surface area is 169 Å². The maximum atomic E-state index is 13.5. The summed E-state index contributed by atoms with van der Waals surface area (Å²) in [7, 11) is 0. The van der Waals surface area contributed by atoms with Crippen molar-refractivity contribution in [2.75, 3.05) is 31.1 Å². The number of hydrogen-bond acceptors (Lipinski definition) is 6. The number of benzene rings is 1. The fraction of sp³-hybridized carbons (Fsp3) is 0.500. The van der Waals surface area contributed by atoms with Gasteiger partial charge in [0, 0.05) is 55.5 Å². The molecule has 8 heteroatoms. The topological polar surface area (TPSA) is 76.1 Å². The maximum Gasteiger partial charge on any atom is 0.225 e. The van der Waals surface area contributed by atoms with Gasteiger partial charge in [0.25, 0.3) is 0 Å². The van der Waals surface area contributed by atoms with Crippen molar-refractivity contribution in [1.29, 1.82) is 0 Å². The Bertz CT molecular complexity index is 775. The van der Waals surface area contributed by atoms with Gasteiger partial charge < -0.3 is 14.8 Å². The quantitative estimate of drug-likeness (QED) is 0.744. The highest BCUT2D eigenvalue weighted by Crippen LogP contribution is 2.32. The van der Waals surface area contributed by atoms with E-state index in [0.29, 0.717) is 5.95 Å². The van der Waals surface area contributed by atoms with E-state index in [1.165, 1.54) is 12.1 Å². The zero-order valence-corrected chi connectivity index (χ0v) is 17.6. The number of piperazine rings is 1. The van der Waals surface area contributed by atoms with E-state index in [1.54, 1.807) is 24.5 Å². The van der Waals surface area contributed by atoms with Crippen molar-refractivity contribution in [3.05, 3.63) is 53.6 Å². The lowest BCUT2D eigenvalue weighted by Gasteiger charge is -2.35. The molecular formula is C20H28FN5OS. The number of aromatic nitrogens is 2. The minimum absolute atomic E-state index is 0.312. The molecule has 0 aliphatic carbocycles. The lowest BCUT2D eigenvalue weighted by Crippen LogP contribution is -2.50. The Balaban J connectivity index is 1.94. The van der Waals surface area contributed by atoms with E-state index >= 15 is 0 Å². The summed E-state index contributed by atoms with van der Waals surface area (Å²) in [4.78, 5) is 11.2. The molecule has 0 saturated carbocycles. The predicted octanol–water partition coefficient (Wildman–Crippen LogP) is 2.34. The van der Waals surface area contributed by atoms with Crippen molar-refractivity contribution < 1.29 is 8.94 Å². The fourth-order valence-electron chi connectivity index (χ4n) is 3.01. The number of hydrogen-bond donors (Lipinski definition) is 2. The average Bonchev–Trinajstić information content (AvgIpc) is 2.68. The molecule has 0 amide bonds. The van der Waals surface area contributed by atoms with Crippen molar-refractivity contribution in [2.45, 2.75) is 38.0 Å². The SMILES string of the molecule is CC(C)(C)[S+]([O-])N[C@](C)(c1ccc(F)cc1)c1cnc(N2CCNCC2)nc1. The van der Waals surface area contributed by atoms with Crippen LogP contribution in [0.15, 0.2) is 36.7 Å². The van der Waals surface area contributed by atoms with Crippen LogP contribution in [0.1, 0.15) is 38.8 Å². The second-order valence-electron chi connectivity index (χ2n) is 8.12. The summed E-state index contributed by atoms with van der Waals surface area (Å²) in [6, 6.07) is 6.22. The van der Waals surface area contributed by atoms with E-state index in [9.17, 15) is 8.94 Å². The summed E-state index contributed by atoms with van der Waals surface area (Å²) in [6.07, 6.45) is 3.53. The highest BCUT2D eigenvalue weighted by atomic mass is 32.2. The highest BCUT2D eigenvalue weighted by Gasteiger charge is 2.39. The molecule has 1 aromatic heterocycles. The number of nitrogens with zero attached hydrogens (tertiary/aromatic N) is 3. The molecule has 1 aliphatic rings. The monoisotopic (exact) mass is 405 g/mol. The number of nitrogens with one attached hydrogen (secondary N) is 2. The van der Waals surface area contributed by atoms with Crippen LogP contribution < -0.4 is 14.9 Å². The zero-order chi connectivity index (χ0) is 20.4. The van der Waals surface area contributed by atoms with Crippen molar-refractivity contribution in [3.63, 3.8) is 0 Å². The molecule has 28 heavy (non-hydrogen) atoms. The van der Waals surface area contributed by atoms with E-state index in [0.717, 1.165) is 37.3 Å². The Hall–Kier alpha value is -1.74. The molecule has 1 aliphatic heterocycles. The molecule has 1 unspecified atom stereocenters. The first-order valence-corrected chi connectivity index (χ1v) is 10.6. The first-order valence-electron chi connectivity index (χ1n) is 9.44. The Morgan fingerprint density at radius 2 is 1.61 bits per heavy atom. The van der Waals surface area contributed by atoms with Gasteiger partial charge in [-0.3, -0.25) is 0 Å². The molecule has 152 valence electrons. The van der Waals surface area contributed by atoms with Crippen molar-refractivity contribution >= 4 is 17.3 Å². The van der Waals surface area contributed by atoms with Gasteiger partial charge in [-0.25, -0.2) is 14.4 Å². The standard InChI is InChI=1S/C20H28FN5OS/c1-19(2,3)28(27)25-20(4,15-5-7-17(21)8-6-15)16-13-23-18(24-14-16)26-11-9-22-10-12-26/h5-8,13-14,22,25H,9-12H2,1-4H3/t20-,28?/m1/s1. The van der Waals surface area contributed by atoms with Crippen LogP contribution in [0, 0.1) is 5.82 Å². The Morgan fingerprint density at radius 1 is 1.04 bits per heavy atom. The molecule has 0 radical (unpaired) electrons. The maximum absolute atomic E-state index is 13.5. The summed E-state index contributed by atoms with van der Waals surface area (Å²) in [5, 5.41) is 3.31. The van der Waals surface area contributed by atoms with E-state index in [4.69, 9.17) is 0 Å². The van der Waals surface area contributed by atoms with Crippen LogP contribution in [0.2, 0.25) is 0 Å². The lowest BCUT2D eigenvalue weighted by molar-refractivity contribution is 0.478. The van der Waals surface area contributed by atoms with Gasteiger partial charge in [0.05, 0.1) is 0 Å². The molecule has 1 fully saturated rings. The smallest absolute Gasteiger partial charge is 0.225 e. The van der Waals surface area contributed by atoms with Crippen LogP contribution in [0.5, 0.6) is 0 Å². The van der Waals surface area contributed by atoms with Gasteiger partial charge in [-0.15, -0.1) is 4.72 Å². The molecule has 1 saturated heterocycles. The normalized spacial score (nSPS) is 18.6. The van der Waals surface area contributed by atoms with Crippen molar-refractivity contribution in [3.8, 4) is 0 Å². The minimum Gasteiger partial charge on any atom is -0.598 e. The summed E-state index contributed by atoms with van der Waals surface area (Å²) in [6.45, 7) is 11.2. The largest absolute Gasteiger partial charge is 0.598 e. The van der Waals surface area contributed by atoms with Crippen LogP contribution >= 0.6 is 0 Å².